The summed E-state index contributed by atoms with van der Waals surface area (Å²) in [6.45, 7) is 0.538. The van der Waals surface area contributed by atoms with E-state index in [4.69, 9.17) is 0 Å². The van der Waals surface area contributed by atoms with Gasteiger partial charge in [0.2, 0.25) is 0 Å². The lowest BCUT2D eigenvalue weighted by Gasteiger charge is -2.07. The Morgan fingerprint density at radius 1 is 1.47 bits per heavy atom. The molecule has 1 aromatic rings. The molecule has 0 amide bonds. The number of hydrogen-bond donors (Lipinski definition) is 2. The van der Waals surface area contributed by atoms with Gasteiger partial charge in [-0.15, -0.1) is 0 Å². The average molecular weight is 272 g/mol. The Bertz CT molecular complexity index is 409. The molecule has 0 fully saturated rings. The van der Waals surface area contributed by atoms with Crippen LogP contribution in [-0.4, -0.2) is 17.0 Å². The van der Waals surface area contributed by atoms with Crippen molar-refractivity contribution in [2.75, 3.05) is 11.1 Å². The second kappa shape index (κ2) is 6.84. The molecule has 4 nitrogen and oxygen atoms in total. The van der Waals surface area contributed by atoms with Crippen molar-refractivity contribution in [2.24, 2.45) is 10.7 Å². The fraction of sp³-hybridized carbons (Fsp3) is 0.364. The largest absolute Gasteiger partial charge is 0.370 e. The Balaban J connectivity index is 2.45. The topological polar surface area (TPSA) is 61.7 Å². The molecule has 6 heteroatoms. The molecule has 1 unspecified atom stereocenters. The van der Waals surface area contributed by atoms with Gasteiger partial charge in [-0.05, 0) is 29.4 Å². The van der Waals surface area contributed by atoms with Gasteiger partial charge < -0.3 is 10.2 Å². The number of rotatable bonds is 6. The molecule has 1 rings (SSSR count). The zero-order chi connectivity index (χ0) is 12.7. The van der Waals surface area contributed by atoms with Crippen molar-refractivity contribution in [1.29, 1.82) is 0 Å². The van der Waals surface area contributed by atoms with Gasteiger partial charge in [0, 0.05) is 11.4 Å². The Labute approximate surface area is 106 Å². The van der Waals surface area contributed by atoms with Crippen molar-refractivity contribution < 1.29 is 9.46 Å². The van der Waals surface area contributed by atoms with Crippen molar-refractivity contribution in [3.63, 3.8) is 0 Å². The van der Waals surface area contributed by atoms with Crippen LogP contribution < -0.4 is 5.32 Å². The number of nitrogens with one attached hydrogen (secondary N) is 1. The lowest BCUT2D eigenvalue weighted by molar-refractivity contribution is 0.499. The van der Waals surface area contributed by atoms with Gasteiger partial charge in [-0.2, -0.15) is 4.76 Å². The number of anilines is 1. The first kappa shape index (κ1) is 14.3. The van der Waals surface area contributed by atoms with Crippen molar-refractivity contribution in [3.8, 4) is 0 Å². The minimum atomic E-state index is -3.46. The Morgan fingerprint density at radius 3 is 2.71 bits per heavy atom. The third kappa shape index (κ3) is 6.51. The Kier molecular flexibility index (Phi) is 5.75. The zero-order valence-corrected chi connectivity index (χ0v) is 11.6. The SMILES string of the molecule is CC(C)CSP(=O)(O)/N=C/Nc1ccccc1. The molecule has 94 valence electrons. The van der Waals surface area contributed by atoms with E-state index in [1.807, 2.05) is 44.2 Å². The fourth-order valence-corrected chi connectivity index (χ4v) is 3.57. The van der Waals surface area contributed by atoms with E-state index >= 15 is 0 Å². The van der Waals surface area contributed by atoms with Crippen molar-refractivity contribution in [3.05, 3.63) is 30.3 Å². The van der Waals surface area contributed by atoms with Crippen molar-refractivity contribution in [2.45, 2.75) is 13.8 Å². The van der Waals surface area contributed by atoms with Crippen LogP contribution in [0, 0.1) is 5.92 Å². The quantitative estimate of drug-likeness (QED) is 0.471. The van der Waals surface area contributed by atoms with Crippen LogP contribution in [0.25, 0.3) is 0 Å². The van der Waals surface area contributed by atoms with Crippen LogP contribution >= 0.6 is 18.1 Å². The lowest BCUT2D eigenvalue weighted by atomic mass is 10.3. The molecule has 0 radical (unpaired) electrons. The summed E-state index contributed by atoms with van der Waals surface area (Å²) in [6.07, 6.45) is 1.28. The average Bonchev–Trinajstić information content (AvgIpc) is 2.28. The summed E-state index contributed by atoms with van der Waals surface area (Å²) in [5.74, 6) is 0.994. The summed E-state index contributed by atoms with van der Waals surface area (Å²) >= 11 is 0.995. The second-order valence-corrected chi connectivity index (χ2v) is 7.94. The molecule has 0 bridgehead atoms. The van der Waals surface area contributed by atoms with Gasteiger partial charge in [0.05, 0.1) is 6.34 Å². The summed E-state index contributed by atoms with van der Waals surface area (Å²) in [5.41, 5.74) is 0.838. The molecule has 0 aromatic heterocycles. The minimum Gasteiger partial charge on any atom is -0.346 e. The highest BCUT2D eigenvalue weighted by Crippen LogP contribution is 2.56. The normalized spacial score (nSPS) is 15.1. The molecule has 0 saturated heterocycles. The van der Waals surface area contributed by atoms with Crippen LogP contribution in [-0.2, 0) is 4.57 Å². The van der Waals surface area contributed by atoms with Gasteiger partial charge in [0.25, 0.3) is 0 Å². The Hall–Kier alpha value is -0.770. The van der Waals surface area contributed by atoms with Crippen LogP contribution in [0.2, 0.25) is 0 Å². The maximum atomic E-state index is 11.6. The predicted octanol–water partition coefficient (Wildman–Crippen LogP) is 3.62. The van der Waals surface area contributed by atoms with Crippen molar-refractivity contribution in [1.82, 2.24) is 0 Å². The maximum absolute atomic E-state index is 11.6. The van der Waals surface area contributed by atoms with Crippen LogP contribution in [0.4, 0.5) is 5.69 Å². The van der Waals surface area contributed by atoms with Crippen LogP contribution in [0.1, 0.15) is 13.8 Å². The van der Waals surface area contributed by atoms with Crippen LogP contribution in [0.15, 0.2) is 35.1 Å². The minimum absolute atomic E-state index is 0.373. The summed E-state index contributed by atoms with van der Waals surface area (Å²) in [5, 5.41) is 2.85. The van der Waals surface area contributed by atoms with Gasteiger partial charge in [-0.3, -0.25) is 4.57 Å². The van der Waals surface area contributed by atoms with E-state index < -0.39 is 6.72 Å². The summed E-state index contributed by atoms with van der Waals surface area (Å²) in [7, 11) is 0. The molecule has 0 aliphatic heterocycles. The molecule has 0 heterocycles. The highest BCUT2D eigenvalue weighted by atomic mass is 32.7. The van der Waals surface area contributed by atoms with Gasteiger partial charge in [-0.25, -0.2) is 0 Å². The molecule has 1 atom stereocenters. The predicted molar refractivity (Wildman–Crippen MR) is 75.7 cm³/mol. The zero-order valence-electron chi connectivity index (χ0n) is 9.91. The summed E-state index contributed by atoms with van der Waals surface area (Å²) in [4.78, 5) is 9.52. The van der Waals surface area contributed by atoms with E-state index in [0.29, 0.717) is 11.7 Å². The molecule has 1 aromatic carbocycles. The molecule has 0 aliphatic rings. The Morgan fingerprint density at radius 2 is 2.12 bits per heavy atom. The first-order chi connectivity index (χ1) is 7.99. The summed E-state index contributed by atoms with van der Waals surface area (Å²) < 4.78 is 15.3. The number of para-hydroxylation sites is 1. The van der Waals surface area contributed by atoms with Crippen LogP contribution in [0.5, 0.6) is 0 Å². The van der Waals surface area contributed by atoms with Gasteiger partial charge in [0.1, 0.15) is 0 Å². The number of hydrogen-bond acceptors (Lipinski definition) is 2. The van der Waals surface area contributed by atoms with Crippen molar-refractivity contribution >= 4 is 30.1 Å². The third-order valence-electron chi connectivity index (χ3n) is 1.78. The van der Waals surface area contributed by atoms with E-state index in [9.17, 15) is 9.46 Å². The molecular weight excluding hydrogens is 255 g/mol. The first-order valence-electron chi connectivity index (χ1n) is 5.32. The first-order valence-corrected chi connectivity index (χ1v) is 8.53. The molecule has 0 aliphatic carbocycles. The maximum Gasteiger partial charge on any atom is 0.370 e. The number of nitrogens with zero attached hydrogens (tertiary/aromatic N) is 1. The summed E-state index contributed by atoms with van der Waals surface area (Å²) in [6, 6.07) is 9.37. The fourth-order valence-electron chi connectivity index (χ4n) is 0.990. The molecule has 0 spiro atoms. The third-order valence-corrected chi connectivity index (χ3v) is 5.08. The van der Waals surface area contributed by atoms with Gasteiger partial charge in [-0.1, -0.05) is 32.0 Å². The van der Waals surface area contributed by atoms with E-state index in [1.165, 1.54) is 6.34 Å². The van der Waals surface area contributed by atoms with Crippen LogP contribution in [0.3, 0.4) is 0 Å². The van der Waals surface area contributed by atoms with E-state index in [0.717, 1.165) is 17.1 Å². The highest BCUT2D eigenvalue weighted by molar-refractivity contribution is 8.55. The standard InChI is InChI=1S/C11H17N2O2PS/c1-10(2)8-17-16(14,15)13-9-12-11-6-4-3-5-7-11/h3-7,9-10H,8H2,1-2H3,(H2,12,13,14,15). The van der Waals surface area contributed by atoms with E-state index in [2.05, 4.69) is 10.1 Å². The highest BCUT2D eigenvalue weighted by Gasteiger charge is 2.16. The van der Waals surface area contributed by atoms with Gasteiger partial charge >= 0.3 is 6.72 Å². The molecule has 0 saturated carbocycles. The lowest BCUT2D eigenvalue weighted by Crippen LogP contribution is -1.94. The molecule has 17 heavy (non-hydrogen) atoms. The van der Waals surface area contributed by atoms with E-state index in [1.54, 1.807) is 0 Å². The number of benzene rings is 1. The monoisotopic (exact) mass is 272 g/mol. The van der Waals surface area contributed by atoms with E-state index in [-0.39, 0.29) is 0 Å². The molecular formula is C11H17N2O2PS. The second-order valence-electron chi connectivity index (χ2n) is 3.94. The smallest absolute Gasteiger partial charge is 0.346 e. The molecule has 2 N–H and O–H groups in total. The van der Waals surface area contributed by atoms with Gasteiger partial charge in [0.15, 0.2) is 0 Å².